The quantitative estimate of drug-likeness (QED) is 0.871. The van der Waals surface area contributed by atoms with Crippen LogP contribution in [0.15, 0.2) is 6.20 Å². The molecule has 1 fully saturated rings. The van der Waals surface area contributed by atoms with Crippen LogP contribution < -0.4 is 5.32 Å². The summed E-state index contributed by atoms with van der Waals surface area (Å²) in [6.07, 6.45) is 7.26. The number of hydrogen-bond acceptors (Lipinski definition) is 3. The molecule has 1 aromatic rings. The van der Waals surface area contributed by atoms with E-state index in [9.17, 15) is 4.79 Å². The molecule has 1 amide bonds. The second-order valence-corrected chi connectivity index (χ2v) is 6.83. The fourth-order valence-electron chi connectivity index (χ4n) is 4.13. The topological polar surface area (TPSA) is 61.0 Å². The van der Waals surface area contributed by atoms with E-state index in [4.69, 9.17) is 0 Å². The first-order chi connectivity index (χ1) is 10.7. The minimum absolute atomic E-state index is 0.142. The highest BCUT2D eigenvalue weighted by Crippen LogP contribution is 2.36. The zero-order chi connectivity index (χ0) is 15.5. The van der Waals surface area contributed by atoms with Crippen molar-refractivity contribution in [3.63, 3.8) is 0 Å². The Labute approximate surface area is 132 Å². The summed E-state index contributed by atoms with van der Waals surface area (Å²) in [5, 5.41) is 10.4. The van der Waals surface area contributed by atoms with E-state index >= 15 is 0 Å². The van der Waals surface area contributed by atoms with E-state index in [1.54, 1.807) is 0 Å². The van der Waals surface area contributed by atoms with Crippen LogP contribution in [0.4, 0.5) is 0 Å². The highest BCUT2D eigenvalue weighted by molar-refractivity contribution is 5.79. The number of H-pyrrole nitrogens is 1. The lowest BCUT2D eigenvalue weighted by atomic mass is 9.74. The number of fused-ring (bicyclic) bond motifs is 2. The number of likely N-dealkylation sites (tertiary alicyclic amines) is 1. The Balaban J connectivity index is 1.74. The SMILES string of the molecule is CCCNC(=O)[C@@H]1C[C@@H]2Cc3[nH]ncc3C[C@H]2N(CCC)C1. The number of carbonyl (C=O) groups excluding carboxylic acids is 1. The molecular weight excluding hydrogens is 276 g/mol. The average Bonchev–Trinajstić information content (AvgIpc) is 2.98. The van der Waals surface area contributed by atoms with Gasteiger partial charge in [0.15, 0.2) is 0 Å². The van der Waals surface area contributed by atoms with E-state index in [-0.39, 0.29) is 11.8 Å². The number of aromatic nitrogens is 2. The third kappa shape index (κ3) is 3.05. The Morgan fingerprint density at radius 2 is 2.27 bits per heavy atom. The molecule has 0 saturated carbocycles. The summed E-state index contributed by atoms with van der Waals surface area (Å²) in [5.41, 5.74) is 2.66. The second-order valence-electron chi connectivity index (χ2n) is 6.83. The third-order valence-electron chi connectivity index (χ3n) is 5.19. The van der Waals surface area contributed by atoms with Gasteiger partial charge in [-0.15, -0.1) is 0 Å². The molecule has 22 heavy (non-hydrogen) atoms. The van der Waals surface area contributed by atoms with Gasteiger partial charge < -0.3 is 5.32 Å². The molecule has 0 radical (unpaired) electrons. The van der Waals surface area contributed by atoms with E-state index in [2.05, 4.69) is 34.3 Å². The minimum Gasteiger partial charge on any atom is -0.356 e. The maximum Gasteiger partial charge on any atom is 0.224 e. The van der Waals surface area contributed by atoms with Crippen LogP contribution in [-0.4, -0.2) is 46.7 Å². The van der Waals surface area contributed by atoms with Gasteiger partial charge in [-0.3, -0.25) is 14.8 Å². The molecular formula is C17H28N4O. The first kappa shape index (κ1) is 15.5. The van der Waals surface area contributed by atoms with E-state index in [1.165, 1.54) is 11.3 Å². The summed E-state index contributed by atoms with van der Waals surface area (Å²) in [6, 6.07) is 0.584. The average molecular weight is 304 g/mol. The molecule has 1 saturated heterocycles. The number of piperidine rings is 1. The Hall–Kier alpha value is -1.36. The maximum atomic E-state index is 12.4. The van der Waals surface area contributed by atoms with Gasteiger partial charge in [0, 0.05) is 24.8 Å². The molecule has 0 aromatic carbocycles. The molecule has 0 bridgehead atoms. The van der Waals surface area contributed by atoms with Crippen molar-refractivity contribution in [3.8, 4) is 0 Å². The predicted octanol–water partition coefficient (Wildman–Crippen LogP) is 1.75. The minimum atomic E-state index is 0.142. The molecule has 1 aliphatic heterocycles. The monoisotopic (exact) mass is 304 g/mol. The summed E-state index contributed by atoms with van der Waals surface area (Å²) in [5.74, 6) is 0.964. The van der Waals surface area contributed by atoms with Crippen molar-refractivity contribution in [2.24, 2.45) is 11.8 Å². The van der Waals surface area contributed by atoms with Crippen LogP contribution in [0.5, 0.6) is 0 Å². The molecule has 5 nitrogen and oxygen atoms in total. The number of amides is 1. The summed E-state index contributed by atoms with van der Waals surface area (Å²) in [7, 11) is 0. The Morgan fingerprint density at radius 3 is 3.05 bits per heavy atom. The van der Waals surface area contributed by atoms with Gasteiger partial charge in [0.25, 0.3) is 0 Å². The number of rotatable bonds is 5. The molecule has 5 heteroatoms. The van der Waals surface area contributed by atoms with Gasteiger partial charge >= 0.3 is 0 Å². The van der Waals surface area contributed by atoms with Crippen molar-refractivity contribution >= 4 is 5.91 Å². The second kappa shape index (κ2) is 6.82. The van der Waals surface area contributed by atoms with E-state index < -0.39 is 0 Å². The van der Waals surface area contributed by atoms with E-state index in [1.807, 2.05) is 6.20 Å². The highest BCUT2D eigenvalue weighted by atomic mass is 16.1. The molecule has 1 aromatic heterocycles. The first-order valence-corrected chi connectivity index (χ1v) is 8.75. The Morgan fingerprint density at radius 1 is 1.41 bits per heavy atom. The lowest BCUT2D eigenvalue weighted by molar-refractivity contribution is -0.128. The Bertz CT molecular complexity index is 513. The summed E-state index contributed by atoms with van der Waals surface area (Å²) >= 11 is 0. The van der Waals surface area contributed by atoms with Crippen molar-refractivity contribution in [2.45, 2.75) is 52.0 Å². The van der Waals surface area contributed by atoms with Crippen molar-refractivity contribution in [3.05, 3.63) is 17.5 Å². The smallest absolute Gasteiger partial charge is 0.224 e. The van der Waals surface area contributed by atoms with Crippen LogP contribution in [0.1, 0.15) is 44.4 Å². The fraction of sp³-hybridized carbons (Fsp3) is 0.765. The van der Waals surface area contributed by atoms with Crippen LogP contribution >= 0.6 is 0 Å². The van der Waals surface area contributed by atoms with Crippen molar-refractivity contribution in [1.82, 2.24) is 20.4 Å². The number of nitrogens with one attached hydrogen (secondary N) is 2. The molecule has 3 atom stereocenters. The molecule has 0 unspecified atom stereocenters. The van der Waals surface area contributed by atoms with Gasteiger partial charge in [0.1, 0.15) is 0 Å². The normalized spacial score (nSPS) is 28.0. The number of aromatic amines is 1. The van der Waals surface area contributed by atoms with Gasteiger partial charge in [-0.1, -0.05) is 13.8 Å². The van der Waals surface area contributed by atoms with E-state index in [0.29, 0.717) is 12.0 Å². The molecule has 2 aliphatic rings. The van der Waals surface area contributed by atoms with Gasteiger partial charge in [-0.25, -0.2) is 0 Å². The van der Waals surface area contributed by atoms with Gasteiger partial charge in [-0.2, -0.15) is 5.10 Å². The largest absolute Gasteiger partial charge is 0.356 e. The fourth-order valence-corrected chi connectivity index (χ4v) is 4.13. The van der Waals surface area contributed by atoms with Crippen LogP contribution in [0.25, 0.3) is 0 Å². The molecule has 2 N–H and O–H groups in total. The summed E-state index contributed by atoms with van der Waals surface area (Å²) in [4.78, 5) is 15.0. The van der Waals surface area contributed by atoms with Crippen LogP contribution in [0, 0.1) is 11.8 Å². The molecule has 3 rings (SSSR count). The number of nitrogens with zero attached hydrogens (tertiary/aromatic N) is 2. The van der Waals surface area contributed by atoms with E-state index in [0.717, 1.165) is 51.7 Å². The number of carbonyl (C=O) groups is 1. The zero-order valence-electron chi connectivity index (χ0n) is 13.8. The molecule has 1 aliphatic carbocycles. The third-order valence-corrected chi connectivity index (χ3v) is 5.19. The summed E-state index contributed by atoms with van der Waals surface area (Å²) < 4.78 is 0. The van der Waals surface area contributed by atoms with Gasteiger partial charge in [0.2, 0.25) is 5.91 Å². The Kier molecular flexibility index (Phi) is 4.81. The first-order valence-electron chi connectivity index (χ1n) is 8.75. The van der Waals surface area contributed by atoms with Crippen LogP contribution in [0.3, 0.4) is 0 Å². The molecule has 2 heterocycles. The van der Waals surface area contributed by atoms with Crippen molar-refractivity contribution in [2.75, 3.05) is 19.6 Å². The predicted molar refractivity (Wildman–Crippen MR) is 86.5 cm³/mol. The van der Waals surface area contributed by atoms with Crippen molar-refractivity contribution < 1.29 is 4.79 Å². The number of hydrogen-bond donors (Lipinski definition) is 2. The van der Waals surface area contributed by atoms with Crippen molar-refractivity contribution in [1.29, 1.82) is 0 Å². The lowest BCUT2D eigenvalue weighted by Gasteiger charge is -2.46. The highest BCUT2D eigenvalue weighted by Gasteiger charge is 2.41. The standard InChI is InChI=1S/C17H28N4O/c1-3-5-18-17(22)14-7-12-8-15-13(10-19-20-15)9-16(12)21(11-14)6-4-2/h10,12,14,16H,3-9,11H2,1-2H3,(H,18,22)(H,19,20)/t12-,14-,16-/m1/s1. The molecule has 0 spiro atoms. The molecule has 122 valence electrons. The van der Waals surface area contributed by atoms with Crippen LogP contribution in [-0.2, 0) is 17.6 Å². The maximum absolute atomic E-state index is 12.4. The lowest BCUT2D eigenvalue weighted by Crippen LogP contribution is -2.55. The van der Waals surface area contributed by atoms with Gasteiger partial charge in [-0.05, 0) is 50.1 Å². The van der Waals surface area contributed by atoms with Gasteiger partial charge in [0.05, 0.1) is 12.1 Å². The summed E-state index contributed by atoms with van der Waals surface area (Å²) in [6.45, 7) is 7.12. The van der Waals surface area contributed by atoms with Crippen LogP contribution in [0.2, 0.25) is 0 Å². The zero-order valence-corrected chi connectivity index (χ0v) is 13.8.